The van der Waals surface area contributed by atoms with Crippen LogP contribution in [0.4, 0.5) is 0 Å². The summed E-state index contributed by atoms with van der Waals surface area (Å²) in [6, 6.07) is 25.6. The van der Waals surface area contributed by atoms with E-state index in [1.807, 2.05) is 54.6 Å². The molecule has 1 aliphatic rings. The molecule has 1 N–H and O–H groups in total. The van der Waals surface area contributed by atoms with Crippen molar-refractivity contribution in [2.45, 2.75) is 23.8 Å². The van der Waals surface area contributed by atoms with Crippen molar-refractivity contribution in [3.8, 4) is 5.75 Å². The van der Waals surface area contributed by atoms with Gasteiger partial charge < -0.3 is 10.1 Å². The molecule has 0 aliphatic carbocycles. The van der Waals surface area contributed by atoms with Crippen LogP contribution in [-0.2, 0) is 14.8 Å². The Kier molecular flexibility index (Phi) is 7.11. The van der Waals surface area contributed by atoms with Gasteiger partial charge in [-0.2, -0.15) is 4.31 Å². The fourth-order valence-electron chi connectivity index (χ4n) is 4.16. The molecule has 172 valence electrons. The fraction of sp³-hybridized carbons (Fsp3) is 0.269. The molecular weight excluding hydrogens is 436 g/mol. The van der Waals surface area contributed by atoms with Crippen LogP contribution in [0, 0.1) is 5.92 Å². The summed E-state index contributed by atoms with van der Waals surface area (Å²) in [5.74, 6) is 0.456. The average molecular weight is 465 g/mol. The molecule has 0 aromatic heterocycles. The molecule has 3 aromatic carbocycles. The lowest BCUT2D eigenvalue weighted by molar-refractivity contribution is -0.126. The number of carbonyl (C=O) groups is 1. The predicted octanol–water partition coefficient (Wildman–Crippen LogP) is 4.00. The first-order chi connectivity index (χ1) is 16.0. The second kappa shape index (κ2) is 10.2. The highest BCUT2D eigenvalue weighted by molar-refractivity contribution is 7.89. The Balaban J connectivity index is 1.46. The van der Waals surface area contributed by atoms with Gasteiger partial charge in [0.25, 0.3) is 0 Å². The number of sulfonamides is 1. The molecule has 6 nitrogen and oxygen atoms in total. The second-order valence-corrected chi connectivity index (χ2v) is 10.1. The maximum Gasteiger partial charge on any atom is 0.243 e. The first-order valence-corrected chi connectivity index (χ1v) is 12.5. The van der Waals surface area contributed by atoms with Crippen LogP contribution in [0.25, 0.3) is 0 Å². The van der Waals surface area contributed by atoms with E-state index in [2.05, 4.69) is 5.32 Å². The summed E-state index contributed by atoms with van der Waals surface area (Å²) in [6.45, 7) is 0.654. The first kappa shape index (κ1) is 23.0. The third-order valence-corrected chi connectivity index (χ3v) is 7.99. The Labute approximate surface area is 195 Å². The third-order valence-electron chi connectivity index (χ3n) is 6.07. The van der Waals surface area contributed by atoms with E-state index in [0.717, 1.165) is 16.9 Å². The van der Waals surface area contributed by atoms with Gasteiger partial charge in [-0.15, -0.1) is 0 Å². The monoisotopic (exact) mass is 464 g/mol. The number of piperidine rings is 1. The van der Waals surface area contributed by atoms with Gasteiger partial charge in [0.05, 0.1) is 18.0 Å². The van der Waals surface area contributed by atoms with E-state index in [0.29, 0.717) is 25.9 Å². The van der Waals surface area contributed by atoms with E-state index in [9.17, 15) is 13.2 Å². The van der Waals surface area contributed by atoms with Crippen LogP contribution in [0.1, 0.15) is 30.0 Å². The van der Waals surface area contributed by atoms with Crippen LogP contribution in [0.15, 0.2) is 89.8 Å². The van der Waals surface area contributed by atoms with Crippen molar-refractivity contribution in [2.75, 3.05) is 20.2 Å². The highest BCUT2D eigenvalue weighted by Crippen LogP contribution is 2.27. The van der Waals surface area contributed by atoms with Gasteiger partial charge in [-0.1, -0.05) is 60.7 Å². The summed E-state index contributed by atoms with van der Waals surface area (Å²) in [5, 5.41) is 3.19. The average Bonchev–Trinajstić information content (AvgIpc) is 2.88. The van der Waals surface area contributed by atoms with Crippen LogP contribution in [0.3, 0.4) is 0 Å². The van der Waals surface area contributed by atoms with Crippen molar-refractivity contribution < 1.29 is 17.9 Å². The quantitative estimate of drug-likeness (QED) is 0.573. The number of nitrogens with one attached hydrogen (secondary N) is 1. The van der Waals surface area contributed by atoms with Gasteiger partial charge in [-0.3, -0.25) is 4.79 Å². The molecule has 0 saturated carbocycles. The van der Waals surface area contributed by atoms with Crippen LogP contribution < -0.4 is 10.1 Å². The van der Waals surface area contributed by atoms with E-state index in [1.54, 1.807) is 37.4 Å². The molecule has 0 radical (unpaired) electrons. The SMILES string of the molecule is COc1ccc(C(NC(=O)C2CCN(S(=O)(=O)c3ccccc3)CC2)c2ccccc2)cc1. The molecule has 0 spiro atoms. The molecule has 1 unspecified atom stereocenters. The zero-order valence-electron chi connectivity index (χ0n) is 18.6. The second-order valence-electron chi connectivity index (χ2n) is 8.12. The van der Waals surface area contributed by atoms with E-state index >= 15 is 0 Å². The summed E-state index contributed by atoms with van der Waals surface area (Å²) in [6.07, 6.45) is 0.976. The lowest BCUT2D eigenvalue weighted by Gasteiger charge is -2.31. The van der Waals surface area contributed by atoms with E-state index in [4.69, 9.17) is 4.74 Å². The molecule has 1 fully saturated rings. The molecular formula is C26H28N2O4S. The highest BCUT2D eigenvalue weighted by Gasteiger charge is 2.33. The Bertz CT molecular complexity index is 1160. The van der Waals surface area contributed by atoms with Gasteiger partial charge >= 0.3 is 0 Å². The number of methoxy groups -OCH3 is 1. The normalized spacial score (nSPS) is 16.2. The molecule has 7 heteroatoms. The number of nitrogens with zero attached hydrogens (tertiary/aromatic N) is 1. The zero-order valence-corrected chi connectivity index (χ0v) is 19.4. The topological polar surface area (TPSA) is 75.7 Å². The summed E-state index contributed by atoms with van der Waals surface area (Å²) >= 11 is 0. The Morgan fingerprint density at radius 2 is 1.42 bits per heavy atom. The smallest absolute Gasteiger partial charge is 0.243 e. The minimum absolute atomic E-state index is 0.0589. The van der Waals surface area contributed by atoms with Gasteiger partial charge in [0, 0.05) is 19.0 Å². The molecule has 1 atom stereocenters. The summed E-state index contributed by atoms with van der Waals surface area (Å²) in [4.78, 5) is 13.5. The molecule has 0 bridgehead atoms. The number of hydrogen-bond donors (Lipinski definition) is 1. The van der Waals surface area contributed by atoms with Crippen LogP contribution >= 0.6 is 0 Å². The molecule has 3 aromatic rings. The van der Waals surface area contributed by atoms with Crippen molar-refractivity contribution in [1.82, 2.24) is 9.62 Å². The zero-order chi connectivity index (χ0) is 23.3. The number of benzene rings is 3. The van der Waals surface area contributed by atoms with Gasteiger partial charge in [-0.05, 0) is 48.2 Å². The lowest BCUT2D eigenvalue weighted by atomic mass is 9.94. The summed E-state index contributed by atoms with van der Waals surface area (Å²) in [5.41, 5.74) is 1.94. The highest BCUT2D eigenvalue weighted by atomic mass is 32.2. The Morgan fingerprint density at radius 3 is 2.00 bits per heavy atom. The lowest BCUT2D eigenvalue weighted by Crippen LogP contribution is -2.43. The van der Waals surface area contributed by atoms with Crippen LogP contribution in [0.5, 0.6) is 5.75 Å². The van der Waals surface area contributed by atoms with Gasteiger partial charge in [0.1, 0.15) is 5.75 Å². The van der Waals surface area contributed by atoms with E-state index in [1.165, 1.54) is 4.31 Å². The standard InChI is InChI=1S/C26H28N2O4S/c1-32-23-14-12-21(13-15-23)25(20-8-4-2-5-9-20)27-26(29)22-16-18-28(19-17-22)33(30,31)24-10-6-3-7-11-24/h2-15,22,25H,16-19H2,1H3,(H,27,29). The van der Waals surface area contributed by atoms with Crippen molar-refractivity contribution in [3.63, 3.8) is 0 Å². The molecule has 1 heterocycles. The van der Waals surface area contributed by atoms with Crippen molar-refractivity contribution >= 4 is 15.9 Å². The van der Waals surface area contributed by atoms with Crippen molar-refractivity contribution in [1.29, 1.82) is 0 Å². The summed E-state index contributed by atoms with van der Waals surface area (Å²) in [7, 11) is -1.92. The van der Waals surface area contributed by atoms with E-state index < -0.39 is 10.0 Å². The van der Waals surface area contributed by atoms with Crippen molar-refractivity contribution in [2.24, 2.45) is 5.92 Å². The minimum atomic E-state index is -3.54. The largest absolute Gasteiger partial charge is 0.497 e. The number of carbonyl (C=O) groups excluding carboxylic acids is 1. The van der Waals surface area contributed by atoms with Gasteiger partial charge in [0.2, 0.25) is 15.9 Å². The first-order valence-electron chi connectivity index (χ1n) is 11.0. The number of amides is 1. The minimum Gasteiger partial charge on any atom is -0.497 e. The third kappa shape index (κ3) is 5.26. The van der Waals surface area contributed by atoms with E-state index in [-0.39, 0.29) is 22.8 Å². The summed E-state index contributed by atoms with van der Waals surface area (Å²) < 4.78 is 32.5. The molecule has 33 heavy (non-hydrogen) atoms. The maximum atomic E-state index is 13.2. The molecule has 1 saturated heterocycles. The Morgan fingerprint density at radius 1 is 0.879 bits per heavy atom. The fourth-order valence-corrected chi connectivity index (χ4v) is 5.65. The Hall–Kier alpha value is -3.16. The van der Waals surface area contributed by atoms with Gasteiger partial charge in [0.15, 0.2) is 0 Å². The molecule has 1 aliphatic heterocycles. The number of rotatable bonds is 7. The number of hydrogen-bond acceptors (Lipinski definition) is 4. The number of ether oxygens (including phenoxy) is 1. The van der Waals surface area contributed by atoms with Crippen LogP contribution in [-0.4, -0.2) is 38.8 Å². The van der Waals surface area contributed by atoms with Crippen LogP contribution in [0.2, 0.25) is 0 Å². The maximum absolute atomic E-state index is 13.2. The van der Waals surface area contributed by atoms with Crippen molar-refractivity contribution in [3.05, 3.63) is 96.1 Å². The van der Waals surface area contributed by atoms with Gasteiger partial charge in [-0.25, -0.2) is 8.42 Å². The predicted molar refractivity (Wildman–Crippen MR) is 127 cm³/mol. The molecule has 4 rings (SSSR count). The molecule has 1 amide bonds.